The summed E-state index contributed by atoms with van der Waals surface area (Å²) in [4.78, 5) is 11.8. The second-order valence-corrected chi connectivity index (χ2v) is 6.91. The normalized spacial score (nSPS) is 11.6. The Morgan fingerprint density at radius 1 is 1.35 bits per heavy atom. The third-order valence-corrected chi connectivity index (χ3v) is 4.67. The minimum Gasteiger partial charge on any atom is -0.462 e. The average molecular weight is 302 g/mol. The van der Waals surface area contributed by atoms with Crippen LogP contribution in [0.25, 0.3) is 0 Å². The second kappa shape index (κ2) is 7.42. The number of esters is 1. The quantitative estimate of drug-likeness (QED) is 0.679. The molecule has 0 radical (unpaired) electrons. The molecular weight excluding hydrogens is 280 g/mol. The maximum atomic E-state index is 11.8. The van der Waals surface area contributed by atoms with Crippen LogP contribution >= 0.6 is 0 Å². The SMILES string of the molecule is CCCc1c(C(=O)OCC)cnn1CCS(=O)(=O)CC. The number of hydrogen-bond acceptors (Lipinski definition) is 5. The predicted octanol–water partition coefficient (Wildman–Crippen LogP) is 1.45. The highest BCUT2D eigenvalue weighted by Crippen LogP contribution is 2.13. The molecule has 6 nitrogen and oxygen atoms in total. The third-order valence-electron chi connectivity index (χ3n) is 2.98. The zero-order valence-corrected chi connectivity index (χ0v) is 13.1. The number of rotatable bonds is 8. The van der Waals surface area contributed by atoms with E-state index in [0.29, 0.717) is 18.6 Å². The van der Waals surface area contributed by atoms with Crippen molar-refractivity contribution in [1.29, 1.82) is 0 Å². The molecular formula is C13H22N2O4S. The topological polar surface area (TPSA) is 78.3 Å². The van der Waals surface area contributed by atoms with E-state index in [1.165, 1.54) is 6.20 Å². The van der Waals surface area contributed by atoms with Crippen molar-refractivity contribution in [2.45, 2.75) is 40.2 Å². The van der Waals surface area contributed by atoms with Gasteiger partial charge in [-0.15, -0.1) is 0 Å². The van der Waals surface area contributed by atoms with Crippen LogP contribution in [0.3, 0.4) is 0 Å². The molecule has 1 aromatic rings. The largest absolute Gasteiger partial charge is 0.462 e. The molecule has 114 valence electrons. The van der Waals surface area contributed by atoms with Crippen molar-refractivity contribution in [2.24, 2.45) is 0 Å². The minimum absolute atomic E-state index is 0.0319. The smallest absolute Gasteiger partial charge is 0.341 e. The first-order valence-corrected chi connectivity index (χ1v) is 8.69. The first kappa shape index (κ1) is 16.7. The van der Waals surface area contributed by atoms with E-state index in [2.05, 4.69) is 5.10 Å². The number of ether oxygens (including phenoxy) is 1. The maximum Gasteiger partial charge on any atom is 0.341 e. The van der Waals surface area contributed by atoms with Crippen molar-refractivity contribution in [1.82, 2.24) is 9.78 Å². The van der Waals surface area contributed by atoms with Gasteiger partial charge in [-0.05, 0) is 13.3 Å². The van der Waals surface area contributed by atoms with Gasteiger partial charge in [0.05, 0.1) is 30.8 Å². The van der Waals surface area contributed by atoms with E-state index < -0.39 is 15.8 Å². The van der Waals surface area contributed by atoms with Gasteiger partial charge in [0.2, 0.25) is 0 Å². The Hall–Kier alpha value is -1.37. The summed E-state index contributed by atoms with van der Waals surface area (Å²) in [7, 11) is -3.05. The predicted molar refractivity (Wildman–Crippen MR) is 76.5 cm³/mol. The summed E-state index contributed by atoms with van der Waals surface area (Å²) in [5, 5.41) is 4.13. The van der Waals surface area contributed by atoms with Crippen molar-refractivity contribution in [3.05, 3.63) is 17.5 Å². The molecule has 0 aliphatic heterocycles. The van der Waals surface area contributed by atoms with Gasteiger partial charge in [-0.2, -0.15) is 5.10 Å². The Balaban J connectivity index is 2.94. The van der Waals surface area contributed by atoms with Crippen LogP contribution in [0.2, 0.25) is 0 Å². The Morgan fingerprint density at radius 3 is 2.60 bits per heavy atom. The zero-order valence-electron chi connectivity index (χ0n) is 12.3. The highest BCUT2D eigenvalue weighted by atomic mass is 32.2. The Kier molecular flexibility index (Phi) is 6.19. The average Bonchev–Trinajstić information content (AvgIpc) is 2.80. The number of nitrogens with zero attached hydrogens (tertiary/aromatic N) is 2. The molecule has 0 unspecified atom stereocenters. The lowest BCUT2D eigenvalue weighted by atomic mass is 10.1. The van der Waals surface area contributed by atoms with Gasteiger partial charge in [-0.25, -0.2) is 13.2 Å². The summed E-state index contributed by atoms with van der Waals surface area (Å²) in [6, 6.07) is 0. The minimum atomic E-state index is -3.05. The molecule has 0 N–H and O–H groups in total. The van der Waals surface area contributed by atoms with Crippen LogP contribution in [0, 0.1) is 0 Å². The Morgan fingerprint density at radius 2 is 2.05 bits per heavy atom. The van der Waals surface area contributed by atoms with E-state index in [4.69, 9.17) is 4.74 Å². The molecule has 0 aliphatic rings. The van der Waals surface area contributed by atoms with Crippen LogP contribution in [0.5, 0.6) is 0 Å². The summed E-state index contributed by atoms with van der Waals surface area (Å²) in [6.07, 6.45) is 2.97. The lowest BCUT2D eigenvalue weighted by molar-refractivity contribution is 0.0525. The molecule has 0 fully saturated rings. The van der Waals surface area contributed by atoms with E-state index in [0.717, 1.165) is 12.1 Å². The van der Waals surface area contributed by atoms with E-state index in [9.17, 15) is 13.2 Å². The van der Waals surface area contributed by atoms with Gasteiger partial charge in [0.25, 0.3) is 0 Å². The van der Waals surface area contributed by atoms with Crippen molar-refractivity contribution < 1.29 is 17.9 Å². The van der Waals surface area contributed by atoms with Crippen LogP contribution in [0.1, 0.15) is 43.2 Å². The van der Waals surface area contributed by atoms with Crippen molar-refractivity contribution >= 4 is 15.8 Å². The van der Waals surface area contributed by atoms with Crippen molar-refractivity contribution in [2.75, 3.05) is 18.1 Å². The number of aryl methyl sites for hydroxylation is 1. The Bertz CT molecular complexity index is 549. The number of carbonyl (C=O) groups excluding carboxylic acids is 1. The molecule has 1 heterocycles. The summed E-state index contributed by atoms with van der Waals surface area (Å²) < 4.78 is 29.7. The van der Waals surface area contributed by atoms with Gasteiger partial charge in [0.1, 0.15) is 5.56 Å². The third kappa shape index (κ3) is 4.33. The summed E-state index contributed by atoms with van der Waals surface area (Å²) >= 11 is 0. The first-order chi connectivity index (χ1) is 9.45. The summed E-state index contributed by atoms with van der Waals surface area (Å²) in [5.41, 5.74) is 1.18. The molecule has 7 heteroatoms. The highest BCUT2D eigenvalue weighted by Gasteiger charge is 2.19. The van der Waals surface area contributed by atoms with E-state index in [1.807, 2.05) is 6.92 Å². The second-order valence-electron chi connectivity index (χ2n) is 4.43. The molecule has 0 aromatic carbocycles. The molecule has 0 saturated heterocycles. The number of carbonyl (C=O) groups is 1. The highest BCUT2D eigenvalue weighted by molar-refractivity contribution is 7.91. The van der Waals surface area contributed by atoms with Gasteiger partial charge >= 0.3 is 5.97 Å². The van der Waals surface area contributed by atoms with E-state index >= 15 is 0 Å². The van der Waals surface area contributed by atoms with E-state index in [1.54, 1.807) is 18.5 Å². The molecule has 20 heavy (non-hydrogen) atoms. The standard InChI is InChI=1S/C13H22N2O4S/c1-4-7-12-11(13(16)19-5-2)10-14-15(12)8-9-20(17,18)6-3/h10H,4-9H2,1-3H3. The van der Waals surface area contributed by atoms with Gasteiger partial charge in [-0.1, -0.05) is 20.3 Å². The van der Waals surface area contributed by atoms with Gasteiger partial charge in [-0.3, -0.25) is 4.68 Å². The molecule has 0 aliphatic carbocycles. The van der Waals surface area contributed by atoms with E-state index in [-0.39, 0.29) is 18.1 Å². The molecule has 0 spiro atoms. The molecule has 1 aromatic heterocycles. The van der Waals surface area contributed by atoms with Crippen molar-refractivity contribution in [3.8, 4) is 0 Å². The number of aromatic nitrogens is 2. The lowest BCUT2D eigenvalue weighted by Crippen LogP contribution is -2.18. The maximum absolute atomic E-state index is 11.8. The van der Waals surface area contributed by atoms with Gasteiger partial charge < -0.3 is 4.74 Å². The van der Waals surface area contributed by atoms with Gasteiger partial charge in [0, 0.05) is 5.75 Å². The van der Waals surface area contributed by atoms with Crippen LogP contribution in [0.4, 0.5) is 0 Å². The van der Waals surface area contributed by atoms with Crippen LogP contribution in [-0.2, 0) is 27.5 Å². The first-order valence-electron chi connectivity index (χ1n) is 6.87. The molecule has 0 amide bonds. The molecule has 1 rings (SSSR count). The molecule has 0 bridgehead atoms. The van der Waals surface area contributed by atoms with Crippen molar-refractivity contribution in [3.63, 3.8) is 0 Å². The van der Waals surface area contributed by atoms with Crippen LogP contribution in [-0.4, -0.2) is 42.3 Å². The fraction of sp³-hybridized carbons (Fsp3) is 0.692. The fourth-order valence-electron chi connectivity index (χ4n) is 1.85. The monoisotopic (exact) mass is 302 g/mol. The lowest BCUT2D eigenvalue weighted by Gasteiger charge is -2.08. The van der Waals surface area contributed by atoms with Gasteiger partial charge in [0.15, 0.2) is 9.84 Å². The zero-order chi connectivity index (χ0) is 15.2. The molecule has 0 atom stereocenters. The fourth-order valence-corrected chi connectivity index (χ4v) is 2.59. The van der Waals surface area contributed by atoms with Crippen LogP contribution < -0.4 is 0 Å². The molecule has 0 saturated carbocycles. The summed E-state index contributed by atoms with van der Waals surface area (Å²) in [5.74, 6) is -0.257. The summed E-state index contributed by atoms with van der Waals surface area (Å²) in [6.45, 7) is 5.94. The Labute approximate surface area is 120 Å². The van der Waals surface area contributed by atoms with Crippen LogP contribution in [0.15, 0.2) is 6.20 Å². The number of hydrogen-bond donors (Lipinski definition) is 0. The number of sulfone groups is 1.